The zero-order chi connectivity index (χ0) is 16.1. The third-order valence-corrected chi connectivity index (χ3v) is 4.55. The van der Waals surface area contributed by atoms with E-state index in [-0.39, 0.29) is 10.8 Å². The number of sulfone groups is 1. The van der Waals surface area contributed by atoms with E-state index in [2.05, 4.69) is 5.32 Å². The highest BCUT2D eigenvalue weighted by molar-refractivity contribution is 7.94. The highest BCUT2D eigenvalue weighted by atomic mass is 32.2. The summed E-state index contributed by atoms with van der Waals surface area (Å²) in [6.07, 6.45) is 0.919. The second kappa shape index (κ2) is 6.55. The van der Waals surface area contributed by atoms with E-state index in [1.165, 1.54) is 12.1 Å². The summed E-state index contributed by atoms with van der Waals surface area (Å²) in [5, 5.41) is 12.0. The summed E-state index contributed by atoms with van der Waals surface area (Å²) in [7, 11) is -3.62. The molecule has 0 heterocycles. The Bertz CT molecular complexity index is 681. The van der Waals surface area contributed by atoms with Crippen LogP contribution in [-0.2, 0) is 20.0 Å². The fourth-order valence-electron chi connectivity index (χ4n) is 1.77. The number of allylic oxidation sites excluding steroid dienone is 1. The van der Waals surface area contributed by atoms with Crippen LogP contribution in [0.4, 0.5) is 0 Å². The molecule has 1 aromatic carbocycles. The highest BCUT2D eigenvalue weighted by Crippen LogP contribution is 2.25. The lowest BCUT2D eigenvalue weighted by atomic mass is 9.84. The van der Waals surface area contributed by atoms with Gasteiger partial charge >= 0.3 is 0 Å². The Labute approximate surface area is 125 Å². The van der Waals surface area contributed by atoms with Crippen molar-refractivity contribution in [3.05, 3.63) is 41.3 Å². The second-order valence-corrected chi connectivity index (χ2v) is 6.82. The fraction of sp³-hybridized carbons (Fsp3) is 0.333. The van der Waals surface area contributed by atoms with Gasteiger partial charge in [0.25, 0.3) is 0 Å². The first-order valence-electron chi connectivity index (χ1n) is 6.45. The summed E-state index contributed by atoms with van der Waals surface area (Å²) in [6.45, 7) is 5.92. The molecular weight excluding hydrogens is 288 g/mol. The van der Waals surface area contributed by atoms with Crippen molar-refractivity contribution < 1.29 is 13.2 Å². The normalized spacial score (nSPS) is 12.1. The van der Waals surface area contributed by atoms with E-state index in [1.807, 2.05) is 6.92 Å². The summed E-state index contributed by atoms with van der Waals surface area (Å²) in [6, 6.07) is 7.75. The number of hydrogen-bond acceptors (Lipinski definition) is 4. The molecule has 0 saturated carbocycles. The third kappa shape index (κ3) is 3.92. The van der Waals surface area contributed by atoms with Gasteiger partial charge in [-0.25, -0.2) is 8.42 Å². The van der Waals surface area contributed by atoms with Crippen molar-refractivity contribution in [2.24, 2.45) is 0 Å². The van der Waals surface area contributed by atoms with Gasteiger partial charge in [-0.1, -0.05) is 12.1 Å². The molecule has 1 rings (SSSR count). The number of rotatable bonds is 5. The van der Waals surface area contributed by atoms with Gasteiger partial charge < -0.3 is 5.32 Å². The molecule has 1 amide bonds. The van der Waals surface area contributed by atoms with Gasteiger partial charge in [-0.2, -0.15) is 5.26 Å². The van der Waals surface area contributed by atoms with Crippen LogP contribution in [0.3, 0.4) is 0 Å². The summed E-state index contributed by atoms with van der Waals surface area (Å²) in [5.74, 6) is -0.120. The number of nitriles is 1. The summed E-state index contributed by atoms with van der Waals surface area (Å²) in [4.78, 5) is 12.1. The van der Waals surface area contributed by atoms with Crippen molar-refractivity contribution in [1.82, 2.24) is 5.32 Å². The molecule has 0 bridgehead atoms. The molecule has 0 aromatic heterocycles. The molecule has 0 aliphatic heterocycles. The average Bonchev–Trinajstić information content (AvgIpc) is 2.45. The van der Waals surface area contributed by atoms with Crippen molar-refractivity contribution in [3.8, 4) is 6.07 Å². The topological polar surface area (TPSA) is 87.0 Å². The van der Waals surface area contributed by atoms with Crippen LogP contribution in [-0.4, -0.2) is 20.9 Å². The molecule has 0 unspecified atom stereocenters. The van der Waals surface area contributed by atoms with E-state index in [0.717, 1.165) is 17.0 Å². The van der Waals surface area contributed by atoms with Crippen molar-refractivity contribution in [2.45, 2.75) is 31.1 Å². The maximum Gasteiger partial charge on any atom is 0.230 e. The Balaban J connectivity index is 3.12. The Morgan fingerprint density at radius 2 is 1.90 bits per heavy atom. The molecule has 112 valence electrons. The van der Waals surface area contributed by atoms with Crippen LogP contribution in [0.5, 0.6) is 0 Å². The van der Waals surface area contributed by atoms with Crippen LogP contribution in [0, 0.1) is 11.3 Å². The lowest BCUT2D eigenvalue weighted by Gasteiger charge is -2.24. The first kappa shape index (κ1) is 16.9. The quantitative estimate of drug-likeness (QED) is 0.842. The van der Waals surface area contributed by atoms with Gasteiger partial charge in [-0.15, -0.1) is 0 Å². The second-order valence-electron chi connectivity index (χ2n) is 4.99. The van der Waals surface area contributed by atoms with Crippen LogP contribution in [0.1, 0.15) is 26.3 Å². The van der Waals surface area contributed by atoms with Crippen molar-refractivity contribution >= 4 is 15.7 Å². The fourth-order valence-corrected chi connectivity index (χ4v) is 2.69. The van der Waals surface area contributed by atoms with E-state index in [0.29, 0.717) is 6.54 Å². The number of nitrogens with one attached hydrogen (secondary N) is 1. The van der Waals surface area contributed by atoms with Gasteiger partial charge in [0, 0.05) is 18.0 Å². The molecule has 0 atom stereocenters. The number of benzene rings is 1. The largest absolute Gasteiger partial charge is 0.356 e. The molecule has 6 heteroatoms. The lowest BCUT2D eigenvalue weighted by molar-refractivity contribution is -0.125. The molecule has 0 spiro atoms. The van der Waals surface area contributed by atoms with Gasteiger partial charge in [-0.3, -0.25) is 4.79 Å². The minimum atomic E-state index is -3.62. The molecule has 1 N–H and O–H groups in total. The van der Waals surface area contributed by atoms with E-state index < -0.39 is 15.3 Å². The molecule has 5 nitrogen and oxygen atoms in total. The Hall–Kier alpha value is -2.13. The highest BCUT2D eigenvalue weighted by Gasteiger charge is 2.29. The molecule has 0 saturated heterocycles. The number of carbonyl (C=O) groups is 1. The first-order chi connectivity index (χ1) is 9.75. The van der Waals surface area contributed by atoms with E-state index in [4.69, 9.17) is 5.26 Å². The smallest absolute Gasteiger partial charge is 0.230 e. The summed E-state index contributed by atoms with van der Waals surface area (Å²) >= 11 is 0. The van der Waals surface area contributed by atoms with E-state index in [9.17, 15) is 13.2 Å². The standard InChI is InChI=1S/C15H18N2O3S/c1-4-17-14(18)15(2,3)12-6-8-13(9-7-12)21(19,20)11-5-10-16/h5-9,11H,4H2,1-3H3,(H,17,18). The van der Waals surface area contributed by atoms with Gasteiger partial charge in [0.1, 0.15) is 0 Å². The van der Waals surface area contributed by atoms with Crippen molar-refractivity contribution in [1.29, 1.82) is 5.26 Å². The van der Waals surface area contributed by atoms with Gasteiger partial charge in [-0.05, 0) is 38.5 Å². The molecule has 0 fully saturated rings. The maximum atomic E-state index is 12.0. The molecular formula is C15H18N2O3S. The lowest BCUT2D eigenvalue weighted by Crippen LogP contribution is -2.39. The van der Waals surface area contributed by atoms with Crippen LogP contribution in [0.2, 0.25) is 0 Å². The number of hydrogen-bond donors (Lipinski definition) is 1. The molecule has 21 heavy (non-hydrogen) atoms. The number of likely N-dealkylation sites (N-methyl/N-ethyl adjacent to an activating group) is 1. The van der Waals surface area contributed by atoms with Crippen molar-refractivity contribution in [2.75, 3.05) is 6.54 Å². The summed E-state index contributed by atoms with van der Waals surface area (Å²) in [5.41, 5.74) is -0.0301. The average molecular weight is 306 g/mol. The Morgan fingerprint density at radius 1 is 1.33 bits per heavy atom. The third-order valence-electron chi connectivity index (χ3n) is 3.13. The maximum absolute atomic E-state index is 12.0. The monoisotopic (exact) mass is 306 g/mol. The minimum Gasteiger partial charge on any atom is -0.356 e. The predicted octanol–water partition coefficient (Wildman–Crippen LogP) is 1.91. The minimum absolute atomic E-state index is 0.0875. The molecule has 0 radical (unpaired) electrons. The van der Waals surface area contributed by atoms with Crippen LogP contribution >= 0.6 is 0 Å². The van der Waals surface area contributed by atoms with Gasteiger partial charge in [0.05, 0.1) is 16.4 Å². The molecule has 0 aliphatic rings. The number of nitrogens with zero attached hydrogens (tertiary/aromatic N) is 1. The Kier molecular flexibility index (Phi) is 5.28. The first-order valence-corrected chi connectivity index (χ1v) is 8.00. The van der Waals surface area contributed by atoms with Gasteiger partial charge in [0.15, 0.2) is 0 Å². The SMILES string of the molecule is CCNC(=O)C(C)(C)c1ccc(S(=O)(=O)C=CC#N)cc1. The number of carbonyl (C=O) groups excluding carboxylic acids is 1. The molecule has 1 aromatic rings. The van der Waals surface area contributed by atoms with Crippen LogP contribution < -0.4 is 5.32 Å². The summed E-state index contributed by atoms with van der Waals surface area (Å²) < 4.78 is 23.7. The van der Waals surface area contributed by atoms with E-state index >= 15 is 0 Å². The zero-order valence-corrected chi connectivity index (χ0v) is 13.1. The van der Waals surface area contributed by atoms with Crippen molar-refractivity contribution in [3.63, 3.8) is 0 Å². The van der Waals surface area contributed by atoms with E-state index in [1.54, 1.807) is 32.0 Å². The predicted molar refractivity (Wildman–Crippen MR) is 80.1 cm³/mol. The van der Waals surface area contributed by atoms with Crippen LogP contribution in [0.15, 0.2) is 40.6 Å². The van der Waals surface area contributed by atoms with Gasteiger partial charge in [0.2, 0.25) is 15.7 Å². The zero-order valence-electron chi connectivity index (χ0n) is 12.3. The Morgan fingerprint density at radius 3 is 2.38 bits per heavy atom. The van der Waals surface area contributed by atoms with Crippen LogP contribution in [0.25, 0.3) is 0 Å². The number of amides is 1. The molecule has 0 aliphatic carbocycles.